The predicted molar refractivity (Wildman–Crippen MR) is 235 cm³/mol. The van der Waals surface area contributed by atoms with Crippen LogP contribution in [0.1, 0.15) is 92.1 Å². The average molecular weight is 890 g/mol. The fourth-order valence-corrected chi connectivity index (χ4v) is 6.99. The summed E-state index contributed by atoms with van der Waals surface area (Å²) in [6.07, 6.45) is 1.40. The number of urea groups is 1. The molecule has 0 aromatic heterocycles. The zero-order valence-electron chi connectivity index (χ0n) is 37.4. The van der Waals surface area contributed by atoms with Crippen molar-refractivity contribution < 1.29 is 47.9 Å². The number of hydrogen-bond donors (Lipinski definition) is 7. The summed E-state index contributed by atoms with van der Waals surface area (Å²) < 4.78 is 5.52. The van der Waals surface area contributed by atoms with Gasteiger partial charge in [-0.05, 0) is 61.1 Å². The Bertz CT molecular complexity index is 1740. The zero-order chi connectivity index (χ0) is 46.8. The number of likely N-dealkylation sites (N-methyl/N-ethyl adjacent to an activating group) is 2. The van der Waals surface area contributed by atoms with E-state index in [2.05, 4.69) is 39.2 Å². The highest BCUT2D eigenvalue weighted by atomic mass is 32.1. The van der Waals surface area contributed by atoms with E-state index in [4.69, 9.17) is 10.5 Å². The lowest BCUT2D eigenvalue weighted by atomic mass is 9.99. The van der Waals surface area contributed by atoms with E-state index in [-0.39, 0.29) is 86.8 Å². The number of ether oxygens (including phenoxy) is 1. The average Bonchev–Trinajstić information content (AvgIpc) is 3.44. The van der Waals surface area contributed by atoms with Crippen LogP contribution in [-0.4, -0.2) is 132 Å². The van der Waals surface area contributed by atoms with Gasteiger partial charge in [0.2, 0.25) is 41.4 Å². The molecule has 0 bridgehead atoms. The Hall–Kier alpha value is -5.40. The number of benzene rings is 1. The van der Waals surface area contributed by atoms with Crippen LogP contribution < -0.4 is 32.3 Å². The monoisotopic (exact) mass is 889 g/mol. The number of nitrogens with one attached hydrogen (secondary N) is 5. The fourth-order valence-electron chi connectivity index (χ4n) is 6.69. The number of imide groups is 1. The molecule has 10 amide bonds. The van der Waals surface area contributed by atoms with Gasteiger partial charge in [0.1, 0.15) is 30.8 Å². The number of likely N-dealkylation sites (tertiary alicyclic amines) is 1. The highest BCUT2D eigenvalue weighted by molar-refractivity contribution is 7.81. The van der Waals surface area contributed by atoms with E-state index in [1.54, 1.807) is 66.1 Å². The van der Waals surface area contributed by atoms with Crippen LogP contribution >= 0.6 is 12.6 Å². The Kier molecular flexibility index (Phi) is 21.7. The van der Waals surface area contributed by atoms with Gasteiger partial charge in [-0.3, -0.25) is 43.4 Å². The number of carbonyl (C=O) groups is 9. The first kappa shape index (κ1) is 52.7. The van der Waals surface area contributed by atoms with E-state index in [1.165, 1.54) is 21.7 Å². The highest BCUT2D eigenvalue weighted by Crippen LogP contribution is 2.19. The maximum absolute atomic E-state index is 13.6. The van der Waals surface area contributed by atoms with Gasteiger partial charge in [-0.1, -0.05) is 60.1 Å². The van der Waals surface area contributed by atoms with E-state index in [0.29, 0.717) is 30.5 Å². The molecule has 1 aliphatic rings. The number of nitrogens with zero attached hydrogens (tertiary/aromatic N) is 3. The van der Waals surface area contributed by atoms with Crippen LogP contribution in [0.15, 0.2) is 24.3 Å². The number of primary amides is 1. The number of anilines is 1. The second-order valence-corrected chi connectivity index (χ2v) is 17.3. The molecule has 0 aliphatic carbocycles. The van der Waals surface area contributed by atoms with Gasteiger partial charge >= 0.3 is 12.1 Å². The minimum atomic E-state index is -1.07. The fraction of sp³-hybridized carbons (Fsp3) is 0.643. The largest absolute Gasteiger partial charge is 0.445 e. The summed E-state index contributed by atoms with van der Waals surface area (Å²) in [5.41, 5.74) is 6.13. The van der Waals surface area contributed by atoms with Crippen molar-refractivity contribution >= 4 is 71.8 Å². The summed E-state index contributed by atoms with van der Waals surface area (Å²) in [6, 6.07) is 1.97. The van der Waals surface area contributed by atoms with Gasteiger partial charge in [-0.25, -0.2) is 9.59 Å². The summed E-state index contributed by atoms with van der Waals surface area (Å²) in [5, 5.41) is 12.9. The molecule has 20 heteroatoms. The van der Waals surface area contributed by atoms with Crippen LogP contribution in [0.3, 0.4) is 0 Å². The molecule has 1 aliphatic heterocycles. The lowest BCUT2D eigenvalue weighted by Gasteiger charge is -2.32. The number of hydrogen-bond acceptors (Lipinski definition) is 11. The summed E-state index contributed by atoms with van der Waals surface area (Å²) >= 11 is 4.12. The Balaban J connectivity index is 2.02. The van der Waals surface area contributed by atoms with Gasteiger partial charge in [0.15, 0.2) is 0 Å². The molecule has 1 aromatic rings. The first-order chi connectivity index (χ1) is 29.0. The lowest BCUT2D eigenvalue weighted by Crippen LogP contribution is -2.57. The zero-order valence-corrected chi connectivity index (χ0v) is 38.3. The molecule has 7 N–H and O–H groups in total. The number of carbonyl (C=O) groups excluding carboxylic acids is 9. The number of thiol groups is 1. The standard InChI is InChI=1S/C42H67N9O10S/c1-24(2)33(47-31(52)15-11-10-12-21-51-32(53)22-30(62)39(51)57)37(55)46-29(14-13-20-44-41(43)59)36(54)45-28-18-16-27(17-19-28)23-61-42(60)50(9)35(26(5)6)38(56)48-34(25(3)4)40(58)49(7)8/h16-19,24-26,29-30,33-35,62H,10-15,20-23H2,1-9H3,(H,45,54)(H,46,55)(H,47,52)(H,48,56)(H3,43,44,59)/t29-,30?,33-,34-,35-/m0/s1. The van der Waals surface area contributed by atoms with Crippen molar-refractivity contribution in [1.82, 2.24) is 36.0 Å². The Morgan fingerprint density at radius 2 is 1.44 bits per heavy atom. The summed E-state index contributed by atoms with van der Waals surface area (Å²) in [5.74, 6) is -3.66. The summed E-state index contributed by atoms with van der Waals surface area (Å²) in [4.78, 5) is 118. The molecule has 0 spiro atoms. The normalized spacial score (nSPS) is 15.7. The van der Waals surface area contributed by atoms with Crippen LogP contribution in [0, 0.1) is 17.8 Å². The lowest BCUT2D eigenvalue weighted by molar-refractivity contribution is -0.138. The Labute approximate surface area is 370 Å². The third-order valence-corrected chi connectivity index (χ3v) is 10.6. The Morgan fingerprint density at radius 3 is 1.97 bits per heavy atom. The number of amides is 10. The quantitative estimate of drug-likeness (QED) is 0.0452. The second-order valence-electron chi connectivity index (χ2n) is 16.7. The molecular formula is C42H67N9O10S. The molecule has 1 fully saturated rings. The van der Waals surface area contributed by atoms with Gasteiger partial charge in [-0.15, -0.1) is 0 Å². The second kappa shape index (κ2) is 25.5. The van der Waals surface area contributed by atoms with Crippen molar-refractivity contribution in [1.29, 1.82) is 0 Å². The molecule has 5 atom stereocenters. The van der Waals surface area contributed by atoms with Crippen LogP contribution in [0.2, 0.25) is 0 Å². The van der Waals surface area contributed by atoms with Gasteiger partial charge in [0.25, 0.3) is 0 Å². The molecule has 1 heterocycles. The summed E-state index contributed by atoms with van der Waals surface area (Å²) in [7, 11) is 4.66. The van der Waals surface area contributed by atoms with Crippen molar-refractivity contribution in [2.75, 3.05) is 39.5 Å². The molecule has 19 nitrogen and oxygen atoms in total. The third-order valence-electron chi connectivity index (χ3n) is 10.2. The van der Waals surface area contributed by atoms with Gasteiger partial charge in [0.05, 0.1) is 5.25 Å². The number of rotatable bonds is 24. The van der Waals surface area contributed by atoms with Crippen LogP contribution in [-0.2, 0) is 44.9 Å². The minimum Gasteiger partial charge on any atom is -0.445 e. The molecule has 62 heavy (non-hydrogen) atoms. The topological polar surface area (TPSA) is 259 Å². The number of nitrogens with two attached hydrogens (primary N) is 1. The maximum Gasteiger partial charge on any atom is 0.410 e. The molecule has 2 rings (SSSR count). The molecule has 0 radical (unpaired) electrons. The Morgan fingerprint density at radius 1 is 0.806 bits per heavy atom. The van der Waals surface area contributed by atoms with Crippen molar-refractivity contribution in [2.24, 2.45) is 23.5 Å². The van der Waals surface area contributed by atoms with Crippen molar-refractivity contribution in [3.05, 3.63) is 29.8 Å². The molecular weight excluding hydrogens is 823 g/mol. The van der Waals surface area contributed by atoms with E-state index in [0.717, 1.165) is 0 Å². The van der Waals surface area contributed by atoms with Crippen molar-refractivity contribution in [3.63, 3.8) is 0 Å². The first-order valence-electron chi connectivity index (χ1n) is 21.0. The molecule has 1 unspecified atom stereocenters. The van der Waals surface area contributed by atoms with E-state index >= 15 is 0 Å². The van der Waals surface area contributed by atoms with Gasteiger partial charge < -0.3 is 42.0 Å². The molecule has 0 saturated carbocycles. The SMILES string of the molecule is CC(C)[C@H](NC(=O)CCCCCN1C(=O)CC(S)C1=O)C(=O)N[C@@H](CCCNC(N)=O)C(=O)Nc1ccc(COC(=O)N(C)[C@H](C(=O)N[C@H](C(=O)N(C)C)C(C)C)C(C)C)cc1. The van der Waals surface area contributed by atoms with E-state index in [9.17, 15) is 43.2 Å². The van der Waals surface area contributed by atoms with Crippen LogP contribution in [0.4, 0.5) is 15.3 Å². The highest BCUT2D eigenvalue weighted by Gasteiger charge is 2.37. The minimum absolute atomic E-state index is 0.0797. The smallest absolute Gasteiger partial charge is 0.410 e. The predicted octanol–water partition coefficient (Wildman–Crippen LogP) is 2.14. The van der Waals surface area contributed by atoms with Gasteiger partial charge in [0, 0.05) is 52.8 Å². The third kappa shape index (κ3) is 16.8. The van der Waals surface area contributed by atoms with E-state index in [1.807, 2.05) is 13.8 Å². The van der Waals surface area contributed by atoms with Crippen LogP contribution in [0.25, 0.3) is 0 Å². The maximum atomic E-state index is 13.6. The number of unbranched alkanes of at least 4 members (excludes halogenated alkanes) is 2. The van der Waals surface area contributed by atoms with Gasteiger partial charge in [-0.2, -0.15) is 12.6 Å². The molecule has 1 aromatic carbocycles. The van der Waals surface area contributed by atoms with Crippen molar-refractivity contribution in [3.8, 4) is 0 Å². The summed E-state index contributed by atoms with van der Waals surface area (Å²) in [6.45, 7) is 11.0. The molecule has 346 valence electrons. The molecule has 1 saturated heterocycles. The van der Waals surface area contributed by atoms with E-state index < -0.39 is 59.3 Å². The van der Waals surface area contributed by atoms with Crippen LogP contribution in [0.5, 0.6) is 0 Å². The first-order valence-corrected chi connectivity index (χ1v) is 21.5. The van der Waals surface area contributed by atoms with Crippen molar-refractivity contribution in [2.45, 2.75) is 123 Å².